The van der Waals surface area contributed by atoms with Crippen LogP contribution in [-0.4, -0.2) is 45.6 Å². The normalized spacial score (nSPS) is 14.0. The number of unbranched alkanes of at least 4 members (excludes halogenated alkanes) is 28. The fraction of sp³-hybridized carbons (Fsp3) is 0.962. The minimum Gasteiger partial charge on any atom is -0.479 e. The Balaban J connectivity index is 0. The maximum atomic E-state index is 11.9. The Morgan fingerprint density at radius 1 is 0.448 bits per heavy atom. The van der Waals surface area contributed by atoms with Gasteiger partial charge in [0.1, 0.15) is 0 Å². The van der Waals surface area contributed by atoms with E-state index in [4.69, 9.17) is 4.74 Å². The first kappa shape index (κ1) is 59.0. The predicted molar refractivity (Wildman–Crippen MR) is 251 cm³/mol. The summed E-state index contributed by atoms with van der Waals surface area (Å²) in [5.41, 5.74) is -1.52. The Labute approximate surface area is 362 Å². The third-order valence-electron chi connectivity index (χ3n) is 12.6. The average molecular weight is 825 g/mol. The molecule has 0 aromatic carbocycles. The lowest BCUT2D eigenvalue weighted by atomic mass is 9.82. The molecule has 6 heteroatoms. The van der Waals surface area contributed by atoms with E-state index in [2.05, 4.69) is 41.5 Å². The number of carboxylic acids is 1. The lowest BCUT2D eigenvalue weighted by Gasteiger charge is -2.28. The molecule has 58 heavy (non-hydrogen) atoms. The zero-order valence-electron chi connectivity index (χ0n) is 40.1. The molecule has 0 amide bonds. The minimum absolute atomic E-state index is 0.322. The first-order chi connectivity index (χ1) is 28.1. The Hall–Kier alpha value is -1.14. The van der Waals surface area contributed by atoms with E-state index in [9.17, 15) is 24.9 Å². The number of aliphatic hydroxyl groups is 2. The summed E-state index contributed by atoms with van der Waals surface area (Å²) in [7, 11) is 0. The Kier molecular flexibility index (Phi) is 46.1. The van der Waals surface area contributed by atoms with Crippen LogP contribution in [0.2, 0.25) is 0 Å². The summed E-state index contributed by atoms with van der Waals surface area (Å²) in [4.78, 5) is 23.6. The second-order valence-corrected chi connectivity index (χ2v) is 18.3. The fourth-order valence-electron chi connectivity index (χ4n) is 8.17. The molecule has 0 saturated heterocycles. The molecule has 0 aliphatic heterocycles. The summed E-state index contributed by atoms with van der Waals surface area (Å²) in [6.07, 6.45) is 45.6. The molecule has 6 nitrogen and oxygen atoms in total. The van der Waals surface area contributed by atoms with Gasteiger partial charge in [-0.1, -0.05) is 260 Å². The van der Waals surface area contributed by atoms with Crippen molar-refractivity contribution in [3.8, 4) is 0 Å². The van der Waals surface area contributed by atoms with E-state index in [1.54, 1.807) is 0 Å². The summed E-state index contributed by atoms with van der Waals surface area (Å²) >= 11 is 0. The SMILES string of the molecule is CCCCCCCCCCCCCCCCC(O)(CC(CC)CCCC)C(=O)O.CCCCCCCCCCCCCCCCC(O)C(=O)OCC(CC)CCCC. The van der Waals surface area contributed by atoms with Crippen LogP contribution >= 0.6 is 0 Å². The van der Waals surface area contributed by atoms with E-state index in [1.807, 2.05) is 0 Å². The van der Waals surface area contributed by atoms with Crippen LogP contribution in [0.5, 0.6) is 0 Å². The van der Waals surface area contributed by atoms with Crippen molar-refractivity contribution in [1.29, 1.82) is 0 Å². The summed E-state index contributed by atoms with van der Waals surface area (Å²) < 4.78 is 5.33. The number of carboxylic acid groups (broad SMARTS) is 1. The standard InChI is InChI=1S/2C26H52O3/c1-4-7-9-10-11-12-13-14-15-16-17-18-19-20-22-26(29,25(27)28)23-24(6-3)21-8-5-2;1-4-7-9-10-11-12-13-14-15-16-17-18-19-20-22-25(27)26(28)29-23-24(6-3)21-8-5-2/h24,29H,4-23H2,1-3H3,(H,27,28);24-25,27H,4-23H2,1-3H3. The monoisotopic (exact) mass is 825 g/mol. The van der Waals surface area contributed by atoms with Crippen molar-refractivity contribution in [3.63, 3.8) is 0 Å². The van der Waals surface area contributed by atoms with Crippen molar-refractivity contribution in [2.45, 2.75) is 304 Å². The number of carbonyl (C=O) groups excluding carboxylic acids is 1. The van der Waals surface area contributed by atoms with Gasteiger partial charge in [0.15, 0.2) is 11.7 Å². The highest BCUT2D eigenvalue weighted by Gasteiger charge is 2.37. The molecule has 0 aliphatic rings. The maximum Gasteiger partial charge on any atom is 0.335 e. The van der Waals surface area contributed by atoms with Gasteiger partial charge in [0, 0.05) is 0 Å². The predicted octanol–water partition coefficient (Wildman–Crippen LogP) is 16.3. The van der Waals surface area contributed by atoms with Crippen molar-refractivity contribution in [1.82, 2.24) is 0 Å². The molecule has 0 aliphatic carbocycles. The molecule has 0 aromatic heterocycles. The summed E-state index contributed by atoms with van der Waals surface area (Å²) in [6, 6.07) is 0. The number of hydrogen-bond acceptors (Lipinski definition) is 5. The number of carbonyl (C=O) groups is 2. The van der Waals surface area contributed by atoms with Crippen molar-refractivity contribution < 1.29 is 29.6 Å². The van der Waals surface area contributed by atoms with Crippen molar-refractivity contribution in [2.75, 3.05) is 6.61 Å². The first-order valence-electron chi connectivity index (χ1n) is 26.0. The zero-order chi connectivity index (χ0) is 43.4. The van der Waals surface area contributed by atoms with Crippen LogP contribution in [0.25, 0.3) is 0 Å². The van der Waals surface area contributed by atoms with Crippen LogP contribution in [0, 0.1) is 11.8 Å². The molecule has 0 saturated carbocycles. The van der Waals surface area contributed by atoms with E-state index in [0.29, 0.717) is 37.7 Å². The third-order valence-corrected chi connectivity index (χ3v) is 12.6. The molecule has 0 radical (unpaired) electrons. The van der Waals surface area contributed by atoms with Crippen LogP contribution in [0.15, 0.2) is 0 Å². The summed E-state index contributed by atoms with van der Waals surface area (Å²) in [6.45, 7) is 13.6. The van der Waals surface area contributed by atoms with Crippen LogP contribution < -0.4 is 0 Å². The molecule has 3 N–H and O–H groups in total. The highest BCUT2D eigenvalue weighted by molar-refractivity contribution is 5.77. The zero-order valence-corrected chi connectivity index (χ0v) is 40.1. The molecule has 4 unspecified atom stereocenters. The van der Waals surface area contributed by atoms with Gasteiger partial charge in [-0.2, -0.15) is 0 Å². The third kappa shape index (κ3) is 39.0. The van der Waals surface area contributed by atoms with Gasteiger partial charge < -0.3 is 20.1 Å². The topological polar surface area (TPSA) is 104 Å². The number of ether oxygens (including phenoxy) is 1. The first-order valence-corrected chi connectivity index (χ1v) is 26.0. The van der Waals surface area contributed by atoms with Crippen LogP contribution in [0.1, 0.15) is 292 Å². The highest BCUT2D eigenvalue weighted by atomic mass is 16.5. The number of rotatable bonds is 44. The Bertz CT molecular complexity index is 846. The van der Waals surface area contributed by atoms with Crippen molar-refractivity contribution in [2.24, 2.45) is 11.8 Å². The molecule has 0 bridgehead atoms. The molecule has 0 rings (SSSR count). The van der Waals surface area contributed by atoms with Crippen LogP contribution in [0.4, 0.5) is 0 Å². The van der Waals surface area contributed by atoms with Gasteiger partial charge in [0.05, 0.1) is 6.61 Å². The second kappa shape index (κ2) is 45.4. The number of hydrogen-bond donors (Lipinski definition) is 3. The van der Waals surface area contributed by atoms with Gasteiger partial charge in [-0.25, -0.2) is 9.59 Å². The number of esters is 1. The largest absolute Gasteiger partial charge is 0.479 e. The molecule has 0 fully saturated rings. The number of aliphatic hydroxyl groups excluding tert-OH is 1. The van der Waals surface area contributed by atoms with Gasteiger partial charge in [-0.3, -0.25) is 0 Å². The van der Waals surface area contributed by atoms with E-state index < -0.39 is 23.6 Å². The van der Waals surface area contributed by atoms with Crippen molar-refractivity contribution in [3.05, 3.63) is 0 Å². The molecule has 4 atom stereocenters. The minimum atomic E-state index is -1.52. The molecular weight excluding hydrogens is 721 g/mol. The van der Waals surface area contributed by atoms with E-state index in [0.717, 1.165) is 64.2 Å². The highest BCUT2D eigenvalue weighted by Crippen LogP contribution is 2.29. The molecular formula is C52H104O6. The van der Waals surface area contributed by atoms with Gasteiger partial charge in [0.2, 0.25) is 0 Å². The molecule has 348 valence electrons. The number of aliphatic carboxylic acids is 1. The van der Waals surface area contributed by atoms with Crippen LogP contribution in [-0.2, 0) is 14.3 Å². The fourth-order valence-corrected chi connectivity index (χ4v) is 8.17. The van der Waals surface area contributed by atoms with E-state index >= 15 is 0 Å². The van der Waals surface area contributed by atoms with Gasteiger partial charge in [-0.05, 0) is 43.9 Å². The lowest BCUT2D eigenvalue weighted by Crippen LogP contribution is -2.40. The second-order valence-electron chi connectivity index (χ2n) is 18.3. The van der Waals surface area contributed by atoms with Gasteiger partial charge in [-0.15, -0.1) is 0 Å². The smallest absolute Gasteiger partial charge is 0.335 e. The Morgan fingerprint density at radius 3 is 1.12 bits per heavy atom. The average Bonchev–Trinajstić information content (AvgIpc) is 3.22. The maximum absolute atomic E-state index is 11.9. The van der Waals surface area contributed by atoms with E-state index in [-0.39, 0.29) is 0 Å². The molecule has 0 spiro atoms. The Morgan fingerprint density at radius 2 is 0.776 bits per heavy atom. The van der Waals surface area contributed by atoms with Crippen LogP contribution in [0.3, 0.4) is 0 Å². The quantitative estimate of drug-likeness (QED) is 0.0418. The summed E-state index contributed by atoms with van der Waals surface area (Å²) in [5.74, 6) is -0.688. The molecule has 0 heterocycles. The van der Waals surface area contributed by atoms with Gasteiger partial charge >= 0.3 is 11.9 Å². The summed E-state index contributed by atoms with van der Waals surface area (Å²) in [5, 5.41) is 30.2. The lowest BCUT2D eigenvalue weighted by molar-refractivity contribution is -0.161. The van der Waals surface area contributed by atoms with E-state index in [1.165, 1.54) is 167 Å². The van der Waals surface area contributed by atoms with Crippen molar-refractivity contribution >= 4 is 11.9 Å². The van der Waals surface area contributed by atoms with Gasteiger partial charge in [0.25, 0.3) is 0 Å². The molecule has 0 aromatic rings.